The summed E-state index contributed by atoms with van der Waals surface area (Å²) in [6.45, 7) is 0. The van der Waals surface area contributed by atoms with Crippen LogP contribution in [-0.4, -0.2) is 20.3 Å². The van der Waals surface area contributed by atoms with Gasteiger partial charge in [-0.15, -0.1) is 11.3 Å². The van der Waals surface area contributed by atoms with E-state index in [1.54, 1.807) is 24.3 Å². The van der Waals surface area contributed by atoms with Crippen molar-refractivity contribution in [3.8, 4) is 5.75 Å². The van der Waals surface area contributed by atoms with Crippen molar-refractivity contribution in [3.63, 3.8) is 0 Å². The van der Waals surface area contributed by atoms with Crippen molar-refractivity contribution < 1.29 is 9.90 Å². The minimum atomic E-state index is -0.0675. The summed E-state index contributed by atoms with van der Waals surface area (Å²) in [5.41, 5.74) is 2.55. The number of hydrogen-bond donors (Lipinski definition) is 1. The first kappa shape index (κ1) is 12.6. The van der Waals surface area contributed by atoms with Gasteiger partial charge in [-0.1, -0.05) is 23.7 Å². The van der Waals surface area contributed by atoms with Gasteiger partial charge in [-0.3, -0.25) is 9.20 Å². The number of imidazole rings is 1. The van der Waals surface area contributed by atoms with E-state index in [0.717, 1.165) is 4.96 Å². The Labute approximate surface area is 128 Å². The highest BCUT2D eigenvalue weighted by Crippen LogP contribution is 2.34. The third kappa shape index (κ3) is 1.81. The maximum Gasteiger partial charge on any atom is 0.195 e. The molecule has 0 atom stereocenters. The standard InChI is InChI=1S/C15H9ClN2O2S/c16-14-11(18-4-5-21-15(18)17-14)7-8-6-10-9(13(8)20)2-1-3-12(10)19/h1-5,7,19H,6H2/b8-7+. The molecule has 0 saturated carbocycles. The number of aromatic nitrogens is 2. The fraction of sp³-hybridized carbons (Fsp3) is 0.0667. The number of nitrogens with zero attached hydrogens (tertiary/aromatic N) is 2. The van der Waals surface area contributed by atoms with Gasteiger partial charge in [0, 0.05) is 34.7 Å². The van der Waals surface area contributed by atoms with Crippen LogP contribution < -0.4 is 0 Å². The van der Waals surface area contributed by atoms with Crippen LogP contribution in [0.15, 0.2) is 35.3 Å². The lowest BCUT2D eigenvalue weighted by atomic mass is 10.1. The Balaban J connectivity index is 1.85. The van der Waals surface area contributed by atoms with E-state index >= 15 is 0 Å². The van der Waals surface area contributed by atoms with E-state index < -0.39 is 0 Å². The summed E-state index contributed by atoms with van der Waals surface area (Å²) in [7, 11) is 0. The Morgan fingerprint density at radius 2 is 2.29 bits per heavy atom. The molecule has 0 unspecified atom stereocenters. The second-order valence-corrected chi connectivity index (χ2v) is 6.05. The predicted octanol–water partition coefficient (Wildman–Crippen LogP) is 3.58. The fourth-order valence-electron chi connectivity index (χ4n) is 2.60. The maximum absolute atomic E-state index is 12.4. The van der Waals surface area contributed by atoms with Crippen molar-refractivity contribution in [1.82, 2.24) is 9.38 Å². The summed E-state index contributed by atoms with van der Waals surface area (Å²) >= 11 is 7.63. The molecule has 0 bridgehead atoms. The first-order valence-corrected chi connectivity index (χ1v) is 7.58. The molecule has 21 heavy (non-hydrogen) atoms. The highest BCUT2D eigenvalue weighted by molar-refractivity contribution is 7.15. The van der Waals surface area contributed by atoms with Gasteiger partial charge in [-0.05, 0) is 12.1 Å². The van der Waals surface area contributed by atoms with E-state index in [1.165, 1.54) is 11.3 Å². The van der Waals surface area contributed by atoms with Crippen LogP contribution in [0.25, 0.3) is 11.0 Å². The highest BCUT2D eigenvalue weighted by atomic mass is 35.5. The summed E-state index contributed by atoms with van der Waals surface area (Å²) in [5.74, 6) is 0.0893. The van der Waals surface area contributed by atoms with Gasteiger partial charge < -0.3 is 5.11 Å². The number of fused-ring (bicyclic) bond motifs is 2. The summed E-state index contributed by atoms with van der Waals surface area (Å²) in [6.07, 6.45) is 4.04. The average molecular weight is 317 g/mol. The molecule has 0 amide bonds. The first-order chi connectivity index (χ1) is 10.1. The maximum atomic E-state index is 12.4. The quantitative estimate of drug-likeness (QED) is 0.698. The van der Waals surface area contributed by atoms with Gasteiger partial charge in [0.1, 0.15) is 5.75 Å². The number of benzene rings is 1. The fourth-order valence-corrected chi connectivity index (χ4v) is 3.60. The summed E-state index contributed by atoms with van der Waals surface area (Å²) < 4.78 is 1.86. The van der Waals surface area contributed by atoms with Crippen molar-refractivity contribution in [3.05, 3.63) is 57.3 Å². The molecule has 1 aromatic carbocycles. The lowest BCUT2D eigenvalue weighted by Crippen LogP contribution is -1.96. The van der Waals surface area contributed by atoms with E-state index in [9.17, 15) is 9.90 Å². The Hall–Kier alpha value is -2.11. The number of ketones is 1. The minimum Gasteiger partial charge on any atom is -0.508 e. The molecule has 4 nitrogen and oxygen atoms in total. The molecule has 104 valence electrons. The predicted molar refractivity (Wildman–Crippen MR) is 82.2 cm³/mol. The van der Waals surface area contributed by atoms with Crippen LogP contribution in [0.4, 0.5) is 0 Å². The number of Topliss-reactive ketones (excluding diaryl/α,β-unsaturated/α-hetero) is 1. The van der Waals surface area contributed by atoms with Crippen LogP contribution in [0.5, 0.6) is 5.75 Å². The molecular formula is C15H9ClN2O2S. The molecule has 1 aliphatic carbocycles. The molecule has 0 fully saturated rings. The Kier molecular flexibility index (Phi) is 2.67. The molecule has 2 heterocycles. The van der Waals surface area contributed by atoms with Gasteiger partial charge in [0.05, 0.1) is 5.69 Å². The molecule has 1 N–H and O–H groups in total. The van der Waals surface area contributed by atoms with Gasteiger partial charge >= 0.3 is 0 Å². The molecular weight excluding hydrogens is 308 g/mol. The van der Waals surface area contributed by atoms with Gasteiger partial charge in [-0.2, -0.15) is 0 Å². The Morgan fingerprint density at radius 3 is 3.10 bits per heavy atom. The zero-order valence-corrected chi connectivity index (χ0v) is 12.3. The van der Waals surface area contributed by atoms with Crippen LogP contribution in [0.1, 0.15) is 21.6 Å². The number of allylic oxidation sites excluding steroid dienone is 1. The van der Waals surface area contributed by atoms with Gasteiger partial charge in [0.2, 0.25) is 0 Å². The van der Waals surface area contributed by atoms with Crippen LogP contribution in [0.3, 0.4) is 0 Å². The van der Waals surface area contributed by atoms with Crippen molar-refractivity contribution in [2.24, 2.45) is 0 Å². The van der Waals surface area contributed by atoms with Crippen molar-refractivity contribution in [1.29, 1.82) is 0 Å². The SMILES string of the molecule is O=C1/C(=C/c2c(Cl)nc3sccn23)Cc2c(O)cccc21. The summed E-state index contributed by atoms with van der Waals surface area (Å²) in [4.78, 5) is 17.4. The number of thiazole rings is 1. The van der Waals surface area contributed by atoms with E-state index in [4.69, 9.17) is 11.6 Å². The molecule has 0 saturated heterocycles. The average Bonchev–Trinajstić information content (AvgIpc) is 3.10. The first-order valence-electron chi connectivity index (χ1n) is 6.32. The van der Waals surface area contributed by atoms with E-state index in [0.29, 0.717) is 34.0 Å². The molecule has 2 aromatic heterocycles. The third-order valence-corrected chi connectivity index (χ3v) is 4.65. The Bertz CT molecular complexity index is 923. The number of halogens is 1. The highest BCUT2D eigenvalue weighted by Gasteiger charge is 2.27. The molecule has 0 spiro atoms. The lowest BCUT2D eigenvalue weighted by molar-refractivity contribution is 0.104. The number of phenolic OH excluding ortho intramolecular Hbond substituents is 1. The number of hydrogen-bond acceptors (Lipinski definition) is 4. The largest absolute Gasteiger partial charge is 0.508 e. The molecule has 1 aliphatic rings. The number of rotatable bonds is 1. The second-order valence-electron chi connectivity index (χ2n) is 4.82. The van der Waals surface area contributed by atoms with Gasteiger partial charge in [0.25, 0.3) is 0 Å². The van der Waals surface area contributed by atoms with Crippen LogP contribution >= 0.6 is 22.9 Å². The zero-order valence-electron chi connectivity index (χ0n) is 10.7. The van der Waals surface area contributed by atoms with Crippen molar-refractivity contribution >= 4 is 39.8 Å². The van der Waals surface area contributed by atoms with Gasteiger partial charge in [-0.25, -0.2) is 4.98 Å². The Morgan fingerprint density at radius 1 is 1.43 bits per heavy atom. The van der Waals surface area contributed by atoms with E-state index in [2.05, 4.69) is 4.98 Å². The van der Waals surface area contributed by atoms with Crippen LogP contribution in [0, 0.1) is 0 Å². The molecule has 0 aliphatic heterocycles. The summed E-state index contributed by atoms with van der Waals surface area (Å²) in [6, 6.07) is 5.01. The van der Waals surface area contributed by atoms with Crippen molar-refractivity contribution in [2.75, 3.05) is 0 Å². The topological polar surface area (TPSA) is 54.6 Å². The number of carbonyl (C=O) groups is 1. The smallest absolute Gasteiger partial charge is 0.195 e. The normalized spacial score (nSPS) is 16.0. The molecule has 3 aromatic rings. The second kappa shape index (κ2) is 4.44. The van der Waals surface area contributed by atoms with Crippen LogP contribution in [0.2, 0.25) is 5.15 Å². The van der Waals surface area contributed by atoms with Crippen molar-refractivity contribution in [2.45, 2.75) is 6.42 Å². The van der Waals surface area contributed by atoms with E-state index in [1.807, 2.05) is 16.0 Å². The zero-order chi connectivity index (χ0) is 14.6. The minimum absolute atomic E-state index is 0.0675. The number of phenols is 1. The number of aromatic hydroxyl groups is 1. The summed E-state index contributed by atoms with van der Waals surface area (Å²) in [5, 5.41) is 12.2. The molecule has 6 heteroatoms. The van der Waals surface area contributed by atoms with Crippen LogP contribution in [-0.2, 0) is 6.42 Å². The van der Waals surface area contributed by atoms with Gasteiger partial charge in [0.15, 0.2) is 15.9 Å². The molecule has 0 radical (unpaired) electrons. The third-order valence-electron chi connectivity index (χ3n) is 3.62. The monoisotopic (exact) mass is 316 g/mol. The lowest BCUT2D eigenvalue weighted by Gasteiger charge is -1.98. The van der Waals surface area contributed by atoms with E-state index in [-0.39, 0.29) is 11.5 Å². The molecule has 4 rings (SSSR count). The number of carbonyl (C=O) groups excluding carboxylic acids is 1.